The molecule has 0 aliphatic rings. The Hall–Kier alpha value is -4.71. The van der Waals surface area contributed by atoms with Crippen LogP contribution in [0.3, 0.4) is 0 Å². The Kier molecular flexibility index (Phi) is 6.45. The number of aryl methyl sites for hydroxylation is 3. The molecule has 6 nitrogen and oxygen atoms in total. The fourth-order valence-electron chi connectivity index (χ4n) is 3.91. The molecule has 180 valence electrons. The van der Waals surface area contributed by atoms with Gasteiger partial charge in [-0.3, -0.25) is 14.4 Å². The smallest absolute Gasteiger partial charge is 0.193 e. The second kappa shape index (κ2) is 9.50. The van der Waals surface area contributed by atoms with Gasteiger partial charge in [0.1, 0.15) is 17.2 Å². The fraction of sp³-hybridized carbons (Fsp3) is 0.100. The standard InChI is InChI=1S/C30H24O6/c1-16-10-19(4-7-25(16)31)28(34)22-13-23(29(35)20-5-8-26(32)17(2)11-20)15-24(14-22)30(36)21-6-9-27(33)18(3)12-21/h4-15,31-33H,1-3H3. The zero-order valence-electron chi connectivity index (χ0n) is 20.0. The third-order valence-corrected chi connectivity index (χ3v) is 6.10. The number of carbonyl (C=O) groups excluding carboxylic acids is 3. The molecule has 36 heavy (non-hydrogen) atoms. The summed E-state index contributed by atoms with van der Waals surface area (Å²) < 4.78 is 0. The van der Waals surface area contributed by atoms with E-state index < -0.39 is 17.3 Å². The Morgan fingerprint density at radius 2 is 0.667 bits per heavy atom. The summed E-state index contributed by atoms with van der Waals surface area (Å²) in [6, 6.07) is 17.6. The lowest BCUT2D eigenvalue weighted by molar-refractivity contribution is 0.103. The van der Waals surface area contributed by atoms with Crippen LogP contribution in [0, 0.1) is 20.8 Å². The summed E-state index contributed by atoms with van der Waals surface area (Å²) in [5.74, 6) is -1.08. The van der Waals surface area contributed by atoms with Crippen molar-refractivity contribution in [2.24, 2.45) is 0 Å². The molecule has 4 rings (SSSR count). The Balaban J connectivity index is 1.85. The van der Waals surface area contributed by atoms with Crippen molar-refractivity contribution in [2.75, 3.05) is 0 Å². The summed E-state index contributed by atoms with van der Waals surface area (Å²) in [5, 5.41) is 29.5. The van der Waals surface area contributed by atoms with E-state index in [1.807, 2.05) is 0 Å². The van der Waals surface area contributed by atoms with E-state index >= 15 is 0 Å². The van der Waals surface area contributed by atoms with Crippen molar-refractivity contribution in [3.63, 3.8) is 0 Å². The molecule has 0 aromatic heterocycles. The van der Waals surface area contributed by atoms with Gasteiger partial charge in [0.05, 0.1) is 0 Å². The number of carbonyl (C=O) groups is 3. The van der Waals surface area contributed by atoms with Crippen LogP contribution in [0.5, 0.6) is 17.2 Å². The highest BCUT2D eigenvalue weighted by atomic mass is 16.3. The highest BCUT2D eigenvalue weighted by Crippen LogP contribution is 2.25. The molecule has 0 saturated heterocycles. The number of hydrogen-bond acceptors (Lipinski definition) is 6. The molecule has 0 radical (unpaired) electrons. The van der Waals surface area contributed by atoms with Gasteiger partial charge in [-0.1, -0.05) is 0 Å². The second-order valence-electron chi connectivity index (χ2n) is 8.79. The van der Waals surface area contributed by atoms with Crippen LogP contribution in [0.1, 0.15) is 64.5 Å². The summed E-state index contributed by atoms with van der Waals surface area (Å²) in [6.07, 6.45) is 0. The van der Waals surface area contributed by atoms with Crippen molar-refractivity contribution in [1.82, 2.24) is 0 Å². The van der Waals surface area contributed by atoms with Crippen molar-refractivity contribution in [3.05, 3.63) is 123 Å². The molecule has 0 aliphatic carbocycles. The van der Waals surface area contributed by atoms with E-state index in [0.29, 0.717) is 33.4 Å². The third kappa shape index (κ3) is 4.74. The van der Waals surface area contributed by atoms with Crippen molar-refractivity contribution >= 4 is 17.3 Å². The Bertz CT molecular complexity index is 1350. The number of benzene rings is 4. The van der Waals surface area contributed by atoms with Gasteiger partial charge in [-0.2, -0.15) is 0 Å². The maximum atomic E-state index is 13.4. The molecule has 0 unspecified atom stereocenters. The van der Waals surface area contributed by atoms with Gasteiger partial charge in [0, 0.05) is 33.4 Å². The van der Waals surface area contributed by atoms with E-state index in [1.54, 1.807) is 39.0 Å². The predicted molar refractivity (Wildman–Crippen MR) is 135 cm³/mol. The largest absolute Gasteiger partial charge is 0.508 e. The van der Waals surface area contributed by atoms with E-state index in [2.05, 4.69) is 0 Å². The van der Waals surface area contributed by atoms with E-state index in [0.717, 1.165) is 0 Å². The first-order valence-corrected chi connectivity index (χ1v) is 11.2. The van der Waals surface area contributed by atoms with Gasteiger partial charge in [0.25, 0.3) is 0 Å². The van der Waals surface area contributed by atoms with Crippen molar-refractivity contribution < 1.29 is 29.7 Å². The summed E-state index contributed by atoms with van der Waals surface area (Å²) in [4.78, 5) is 40.1. The first-order chi connectivity index (χ1) is 17.0. The average molecular weight is 481 g/mol. The molecule has 4 aromatic carbocycles. The molecule has 0 heterocycles. The molecule has 0 saturated carbocycles. The molecular weight excluding hydrogens is 456 g/mol. The van der Waals surface area contributed by atoms with Crippen LogP contribution in [0.25, 0.3) is 0 Å². The Labute approximate surface area is 208 Å². The van der Waals surface area contributed by atoms with Gasteiger partial charge in [-0.05, 0) is 110 Å². The van der Waals surface area contributed by atoms with Crippen LogP contribution >= 0.6 is 0 Å². The van der Waals surface area contributed by atoms with E-state index in [-0.39, 0.29) is 33.9 Å². The molecule has 3 N–H and O–H groups in total. The lowest BCUT2D eigenvalue weighted by atomic mass is 9.91. The van der Waals surface area contributed by atoms with Crippen LogP contribution in [0.15, 0.2) is 72.8 Å². The fourth-order valence-corrected chi connectivity index (χ4v) is 3.91. The van der Waals surface area contributed by atoms with Crippen LogP contribution in [-0.2, 0) is 0 Å². The van der Waals surface area contributed by atoms with Crippen LogP contribution in [-0.4, -0.2) is 32.7 Å². The van der Waals surface area contributed by atoms with Crippen LogP contribution in [0.2, 0.25) is 0 Å². The predicted octanol–water partition coefficient (Wildman–Crippen LogP) is 5.42. The van der Waals surface area contributed by atoms with Gasteiger partial charge in [-0.25, -0.2) is 0 Å². The minimum absolute atomic E-state index is 0.0525. The van der Waals surface area contributed by atoms with Gasteiger partial charge < -0.3 is 15.3 Å². The van der Waals surface area contributed by atoms with E-state index in [9.17, 15) is 29.7 Å². The number of aromatic hydroxyl groups is 3. The lowest BCUT2D eigenvalue weighted by Gasteiger charge is -2.11. The highest BCUT2D eigenvalue weighted by molar-refractivity contribution is 6.17. The SMILES string of the molecule is Cc1cc(C(=O)c2cc(C(=O)c3ccc(O)c(C)c3)cc(C(=O)c3ccc(O)c(C)c3)c2)ccc1O. The van der Waals surface area contributed by atoms with Crippen LogP contribution in [0.4, 0.5) is 0 Å². The normalized spacial score (nSPS) is 10.8. The maximum Gasteiger partial charge on any atom is 0.193 e. The monoisotopic (exact) mass is 480 g/mol. The minimum atomic E-state index is -0.412. The molecule has 0 spiro atoms. The average Bonchev–Trinajstić information content (AvgIpc) is 2.87. The Morgan fingerprint density at radius 3 is 0.889 bits per heavy atom. The maximum absolute atomic E-state index is 13.4. The first-order valence-electron chi connectivity index (χ1n) is 11.2. The Morgan fingerprint density at radius 1 is 0.417 bits per heavy atom. The minimum Gasteiger partial charge on any atom is -0.508 e. The quantitative estimate of drug-likeness (QED) is 0.318. The van der Waals surface area contributed by atoms with Crippen molar-refractivity contribution in [2.45, 2.75) is 20.8 Å². The summed E-state index contributed by atoms with van der Waals surface area (Å²) in [5.41, 5.74) is 2.87. The molecule has 0 bridgehead atoms. The van der Waals surface area contributed by atoms with E-state index in [4.69, 9.17) is 0 Å². The molecule has 0 aliphatic heterocycles. The number of phenols is 3. The molecular formula is C30H24O6. The number of phenolic OH excluding ortho intramolecular Hbond substituents is 3. The second-order valence-corrected chi connectivity index (χ2v) is 8.79. The first kappa shape index (κ1) is 24.4. The molecule has 6 heteroatoms. The van der Waals surface area contributed by atoms with Crippen LogP contribution < -0.4 is 0 Å². The molecule has 0 atom stereocenters. The zero-order chi connectivity index (χ0) is 26.1. The molecule has 0 amide bonds. The van der Waals surface area contributed by atoms with Gasteiger partial charge >= 0.3 is 0 Å². The molecule has 0 fully saturated rings. The molecule has 4 aromatic rings. The van der Waals surface area contributed by atoms with Crippen molar-refractivity contribution in [3.8, 4) is 17.2 Å². The van der Waals surface area contributed by atoms with Gasteiger partial charge in [-0.15, -0.1) is 0 Å². The zero-order valence-corrected chi connectivity index (χ0v) is 20.0. The summed E-state index contributed by atoms with van der Waals surface area (Å²) in [7, 11) is 0. The van der Waals surface area contributed by atoms with Crippen molar-refractivity contribution in [1.29, 1.82) is 0 Å². The number of hydrogen-bond donors (Lipinski definition) is 3. The van der Waals surface area contributed by atoms with Gasteiger partial charge in [0.2, 0.25) is 0 Å². The summed E-state index contributed by atoms with van der Waals surface area (Å²) in [6.45, 7) is 5.00. The number of rotatable bonds is 6. The van der Waals surface area contributed by atoms with Gasteiger partial charge in [0.15, 0.2) is 17.3 Å². The topological polar surface area (TPSA) is 112 Å². The third-order valence-electron chi connectivity index (χ3n) is 6.10. The highest BCUT2D eigenvalue weighted by Gasteiger charge is 2.20. The summed E-state index contributed by atoms with van der Waals surface area (Å²) >= 11 is 0. The number of ketones is 3. The van der Waals surface area contributed by atoms with E-state index in [1.165, 1.54) is 54.6 Å². The lowest BCUT2D eigenvalue weighted by Crippen LogP contribution is -2.11.